The van der Waals surface area contributed by atoms with Crippen molar-refractivity contribution in [3.63, 3.8) is 0 Å². The summed E-state index contributed by atoms with van der Waals surface area (Å²) >= 11 is 0. The zero-order valence-electron chi connectivity index (χ0n) is 10.3. The number of alkyl halides is 1. The number of hydrogen-bond donors (Lipinski definition) is 0. The summed E-state index contributed by atoms with van der Waals surface area (Å²) in [5.74, 6) is 0. The van der Waals surface area contributed by atoms with Crippen molar-refractivity contribution in [2.45, 2.75) is 27.3 Å². The normalized spacial score (nSPS) is 9.73. The summed E-state index contributed by atoms with van der Waals surface area (Å²) in [5, 5.41) is 0. The molecular formula is C13H22FN. The molecule has 1 nitrogen and oxygen atoms in total. The molecule has 1 aromatic rings. The summed E-state index contributed by atoms with van der Waals surface area (Å²) in [6.45, 7) is 7.12. The van der Waals surface area contributed by atoms with Gasteiger partial charge in [-0.3, -0.25) is 4.90 Å². The Morgan fingerprint density at radius 2 is 1.67 bits per heavy atom. The average molecular weight is 211 g/mol. The molecule has 0 fully saturated rings. The van der Waals surface area contributed by atoms with Gasteiger partial charge < -0.3 is 0 Å². The SMILES string of the molecule is CC.Cc1ccc(CN(C)CCF)cc1. The Kier molecular flexibility index (Phi) is 7.92. The Hall–Kier alpha value is -0.890. The molecule has 0 aromatic heterocycles. The van der Waals surface area contributed by atoms with E-state index in [-0.39, 0.29) is 6.67 Å². The predicted molar refractivity (Wildman–Crippen MR) is 64.8 cm³/mol. The number of nitrogens with zero attached hydrogens (tertiary/aromatic N) is 1. The molecule has 0 spiro atoms. The fraction of sp³-hybridized carbons (Fsp3) is 0.538. The molecule has 0 amide bonds. The van der Waals surface area contributed by atoms with E-state index in [4.69, 9.17) is 0 Å². The van der Waals surface area contributed by atoms with E-state index in [1.807, 2.05) is 25.8 Å². The highest BCUT2D eigenvalue weighted by molar-refractivity contribution is 5.21. The van der Waals surface area contributed by atoms with E-state index in [2.05, 4.69) is 31.2 Å². The van der Waals surface area contributed by atoms with Crippen LogP contribution in [0.1, 0.15) is 25.0 Å². The summed E-state index contributed by atoms with van der Waals surface area (Å²) in [5.41, 5.74) is 2.50. The number of benzene rings is 1. The van der Waals surface area contributed by atoms with Gasteiger partial charge in [-0.15, -0.1) is 0 Å². The molecule has 0 heterocycles. The first kappa shape index (κ1) is 14.1. The first-order valence-corrected chi connectivity index (χ1v) is 5.52. The van der Waals surface area contributed by atoms with Crippen LogP contribution in [0, 0.1) is 6.92 Å². The minimum Gasteiger partial charge on any atom is -0.300 e. The van der Waals surface area contributed by atoms with Crippen molar-refractivity contribution in [1.82, 2.24) is 4.90 Å². The fourth-order valence-electron chi connectivity index (χ4n) is 1.23. The Bertz CT molecular complexity index is 243. The second kappa shape index (κ2) is 8.42. The third-order valence-electron chi connectivity index (χ3n) is 2.04. The third-order valence-corrected chi connectivity index (χ3v) is 2.04. The van der Waals surface area contributed by atoms with Crippen molar-refractivity contribution in [1.29, 1.82) is 0 Å². The van der Waals surface area contributed by atoms with Crippen molar-refractivity contribution in [2.75, 3.05) is 20.3 Å². The molecule has 0 saturated carbocycles. The van der Waals surface area contributed by atoms with Crippen LogP contribution in [0.5, 0.6) is 0 Å². The molecule has 0 atom stereocenters. The summed E-state index contributed by atoms with van der Waals surface area (Å²) in [7, 11) is 1.93. The maximum atomic E-state index is 12.0. The summed E-state index contributed by atoms with van der Waals surface area (Å²) < 4.78 is 12.0. The van der Waals surface area contributed by atoms with Crippen molar-refractivity contribution < 1.29 is 4.39 Å². The second-order valence-electron chi connectivity index (χ2n) is 3.41. The summed E-state index contributed by atoms with van der Waals surface area (Å²) in [6, 6.07) is 8.34. The zero-order valence-corrected chi connectivity index (χ0v) is 10.3. The van der Waals surface area contributed by atoms with Gasteiger partial charge in [-0.2, -0.15) is 0 Å². The maximum absolute atomic E-state index is 12.0. The van der Waals surface area contributed by atoms with Gasteiger partial charge in [-0.05, 0) is 19.5 Å². The molecule has 0 unspecified atom stereocenters. The van der Waals surface area contributed by atoms with Crippen LogP contribution in [0.25, 0.3) is 0 Å². The fourth-order valence-corrected chi connectivity index (χ4v) is 1.23. The van der Waals surface area contributed by atoms with Crippen LogP contribution in [-0.2, 0) is 6.54 Å². The van der Waals surface area contributed by atoms with Crippen LogP contribution in [-0.4, -0.2) is 25.2 Å². The minimum absolute atomic E-state index is 0.275. The van der Waals surface area contributed by atoms with Gasteiger partial charge in [-0.25, -0.2) is 4.39 Å². The van der Waals surface area contributed by atoms with E-state index in [1.165, 1.54) is 11.1 Å². The topological polar surface area (TPSA) is 3.24 Å². The lowest BCUT2D eigenvalue weighted by Crippen LogP contribution is -2.20. The van der Waals surface area contributed by atoms with Crippen LogP contribution >= 0.6 is 0 Å². The van der Waals surface area contributed by atoms with Gasteiger partial charge >= 0.3 is 0 Å². The van der Waals surface area contributed by atoms with Crippen molar-refractivity contribution in [3.05, 3.63) is 35.4 Å². The monoisotopic (exact) mass is 211 g/mol. The Morgan fingerprint density at radius 1 is 1.13 bits per heavy atom. The van der Waals surface area contributed by atoms with Crippen LogP contribution in [0.3, 0.4) is 0 Å². The lowest BCUT2D eigenvalue weighted by molar-refractivity contribution is 0.289. The van der Waals surface area contributed by atoms with E-state index >= 15 is 0 Å². The molecule has 0 radical (unpaired) electrons. The number of aryl methyl sites for hydroxylation is 1. The molecule has 2 heteroatoms. The quantitative estimate of drug-likeness (QED) is 0.737. The summed E-state index contributed by atoms with van der Waals surface area (Å²) in [6.07, 6.45) is 0. The molecule has 86 valence electrons. The Balaban J connectivity index is 0.000000921. The molecule has 0 N–H and O–H groups in total. The molecular weight excluding hydrogens is 189 g/mol. The third kappa shape index (κ3) is 6.24. The number of halogens is 1. The van der Waals surface area contributed by atoms with E-state index in [1.54, 1.807) is 0 Å². The van der Waals surface area contributed by atoms with E-state index in [9.17, 15) is 4.39 Å². The van der Waals surface area contributed by atoms with Gasteiger partial charge in [-0.1, -0.05) is 43.7 Å². The molecule has 15 heavy (non-hydrogen) atoms. The predicted octanol–water partition coefficient (Wildman–Crippen LogP) is 3.42. The van der Waals surface area contributed by atoms with Crippen LogP contribution in [0.2, 0.25) is 0 Å². The molecule has 1 rings (SSSR count). The molecule has 0 aliphatic rings. The lowest BCUT2D eigenvalue weighted by atomic mass is 10.1. The smallest absolute Gasteiger partial charge is 0.102 e. The maximum Gasteiger partial charge on any atom is 0.102 e. The van der Waals surface area contributed by atoms with Crippen LogP contribution in [0.15, 0.2) is 24.3 Å². The van der Waals surface area contributed by atoms with Gasteiger partial charge in [0.1, 0.15) is 6.67 Å². The van der Waals surface area contributed by atoms with E-state index in [0.717, 1.165) is 6.54 Å². The summed E-state index contributed by atoms with van der Waals surface area (Å²) in [4.78, 5) is 1.98. The van der Waals surface area contributed by atoms with Crippen molar-refractivity contribution >= 4 is 0 Å². The molecule has 1 aromatic carbocycles. The highest BCUT2D eigenvalue weighted by atomic mass is 19.1. The average Bonchev–Trinajstić information content (AvgIpc) is 2.25. The van der Waals surface area contributed by atoms with Gasteiger partial charge in [0.05, 0.1) is 0 Å². The van der Waals surface area contributed by atoms with Crippen molar-refractivity contribution in [3.8, 4) is 0 Å². The zero-order chi connectivity index (χ0) is 11.7. The van der Waals surface area contributed by atoms with Gasteiger partial charge in [0.15, 0.2) is 0 Å². The molecule has 0 aliphatic heterocycles. The van der Waals surface area contributed by atoms with E-state index in [0.29, 0.717) is 6.54 Å². The van der Waals surface area contributed by atoms with Gasteiger partial charge in [0.25, 0.3) is 0 Å². The van der Waals surface area contributed by atoms with Crippen LogP contribution < -0.4 is 0 Å². The second-order valence-corrected chi connectivity index (χ2v) is 3.41. The number of hydrogen-bond acceptors (Lipinski definition) is 1. The standard InChI is InChI=1S/C11H16FN.C2H6/c1-10-3-5-11(6-4-10)9-13(2)8-7-12;1-2/h3-6H,7-9H2,1-2H3;1-2H3. The molecule has 0 bridgehead atoms. The Labute approximate surface area is 92.9 Å². The number of rotatable bonds is 4. The van der Waals surface area contributed by atoms with Gasteiger partial charge in [0.2, 0.25) is 0 Å². The lowest BCUT2D eigenvalue weighted by Gasteiger charge is -2.14. The highest BCUT2D eigenvalue weighted by Gasteiger charge is 1.98. The largest absolute Gasteiger partial charge is 0.300 e. The van der Waals surface area contributed by atoms with Crippen LogP contribution in [0.4, 0.5) is 4.39 Å². The molecule has 0 aliphatic carbocycles. The molecule has 0 saturated heterocycles. The minimum atomic E-state index is -0.275. The van der Waals surface area contributed by atoms with Gasteiger partial charge in [0, 0.05) is 13.1 Å². The Morgan fingerprint density at radius 3 is 2.13 bits per heavy atom. The highest BCUT2D eigenvalue weighted by Crippen LogP contribution is 2.05. The first-order valence-electron chi connectivity index (χ1n) is 5.52. The van der Waals surface area contributed by atoms with Crippen molar-refractivity contribution in [2.24, 2.45) is 0 Å². The first-order chi connectivity index (χ1) is 7.22. The van der Waals surface area contributed by atoms with E-state index < -0.39 is 0 Å².